The lowest BCUT2D eigenvalue weighted by molar-refractivity contribution is 0.515. The average Bonchev–Trinajstić information content (AvgIpc) is 3.51. The van der Waals surface area contributed by atoms with Crippen molar-refractivity contribution in [3.8, 4) is 0 Å². The Morgan fingerprint density at radius 3 is 0.247 bits per heavy atom. The fourth-order valence-electron chi connectivity index (χ4n) is 14.3. The molecule has 0 unspecified atom stereocenters. The van der Waals surface area contributed by atoms with Gasteiger partial charge in [0.15, 0.2) is 0 Å². The maximum absolute atomic E-state index is 2.32. The molecule has 0 heterocycles. The monoisotopic (exact) mass is 1210 g/mol. The van der Waals surface area contributed by atoms with Gasteiger partial charge in [-0.05, 0) is 37.7 Å². The van der Waals surface area contributed by atoms with Crippen molar-refractivity contribution < 1.29 is 0 Å². The van der Waals surface area contributed by atoms with E-state index in [4.69, 9.17) is 0 Å². The second kappa shape index (κ2) is 82.4. The minimum absolute atomic E-state index is 0.292. The molecule has 0 spiro atoms. The first-order valence-electron chi connectivity index (χ1n) is 42.1. The van der Waals surface area contributed by atoms with Gasteiger partial charge in [-0.3, -0.25) is 0 Å². The topological polar surface area (TPSA) is 0 Å². The molecular formula is C84H171P. The van der Waals surface area contributed by atoms with Crippen LogP contribution in [0.15, 0.2) is 0 Å². The highest BCUT2D eigenvalue weighted by molar-refractivity contribution is 7.57. The van der Waals surface area contributed by atoms with Gasteiger partial charge in [0, 0.05) is 0 Å². The van der Waals surface area contributed by atoms with Crippen LogP contribution in [0, 0.1) is 0 Å². The third-order valence-corrected chi connectivity index (χ3v) is 23.3. The lowest BCUT2D eigenvalue weighted by Gasteiger charge is -2.18. The number of hydrogen-bond donors (Lipinski definition) is 0. The van der Waals surface area contributed by atoms with Gasteiger partial charge >= 0.3 is 0 Å². The van der Waals surface area contributed by atoms with E-state index < -0.39 is 0 Å². The summed E-state index contributed by atoms with van der Waals surface area (Å²) in [7, 11) is 0.292. The lowest BCUT2D eigenvalue weighted by atomic mass is 10.0. The van der Waals surface area contributed by atoms with E-state index in [-0.39, 0.29) is 0 Å². The average molecular weight is 1210 g/mol. The molecule has 0 radical (unpaired) electrons. The maximum Gasteiger partial charge on any atom is -0.0326 e. The van der Waals surface area contributed by atoms with Gasteiger partial charge in [0.1, 0.15) is 0 Å². The zero-order valence-corrected chi connectivity index (χ0v) is 61.6. The fraction of sp³-hybridized carbons (Fsp3) is 1.00. The molecule has 85 heavy (non-hydrogen) atoms. The maximum atomic E-state index is 2.32. The molecule has 0 amide bonds. The van der Waals surface area contributed by atoms with Gasteiger partial charge in [-0.25, -0.2) is 0 Å². The van der Waals surface area contributed by atoms with Gasteiger partial charge in [-0.2, -0.15) is 0 Å². The zero-order valence-electron chi connectivity index (χ0n) is 60.7. The molecule has 0 saturated carbocycles. The molecule has 512 valence electrons. The van der Waals surface area contributed by atoms with E-state index in [1.54, 1.807) is 37.7 Å². The van der Waals surface area contributed by atoms with E-state index in [0.717, 1.165) is 0 Å². The molecule has 0 aromatic carbocycles. The smallest absolute Gasteiger partial charge is 0.0326 e. The van der Waals surface area contributed by atoms with Crippen LogP contribution in [-0.2, 0) is 0 Å². The Morgan fingerprint density at radius 1 is 0.0941 bits per heavy atom. The summed E-state index contributed by atoms with van der Waals surface area (Å²) in [5.41, 5.74) is 0. The standard InChI is InChI=1S/C84H171P/c1-4-7-10-13-16-19-22-25-28-31-34-37-40-43-46-49-52-55-58-61-64-67-70-73-76-79-82-85(83-80-77-74-71-68-65-62-59-56-53-50-47-44-41-38-35-32-29-26-23-20-17-14-11-8-5-2)84-81-78-75-72-69-66-63-60-57-54-51-48-45-42-39-36-33-30-27-24-21-18-15-12-9-6-3/h4-84H2,1-3H3. The van der Waals surface area contributed by atoms with Crippen molar-refractivity contribution >= 4 is 7.92 Å². The summed E-state index contributed by atoms with van der Waals surface area (Å²) in [6.07, 6.45) is 121. The Labute approximate surface area is 545 Å². The summed E-state index contributed by atoms with van der Waals surface area (Å²) < 4.78 is 0. The van der Waals surface area contributed by atoms with Gasteiger partial charge in [0.25, 0.3) is 0 Å². The second-order valence-electron chi connectivity index (χ2n) is 29.4. The van der Waals surface area contributed by atoms with Crippen molar-refractivity contribution in [3.63, 3.8) is 0 Å². The Bertz CT molecular complexity index is 949. The van der Waals surface area contributed by atoms with Crippen LogP contribution in [-0.4, -0.2) is 18.5 Å². The zero-order chi connectivity index (χ0) is 60.9. The molecule has 0 rings (SSSR count). The predicted octanol–water partition coefficient (Wildman–Crippen LogP) is 33.0. The Kier molecular flexibility index (Phi) is 82.9. The molecule has 0 aromatic heterocycles. The Hall–Kier alpha value is 0.430. The number of unbranched alkanes of at least 4 members (excludes halogenated alkanes) is 75. The quantitative estimate of drug-likeness (QED) is 0.0421. The van der Waals surface area contributed by atoms with E-state index in [2.05, 4.69) is 20.8 Å². The predicted molar refractivity (Wildman–Crippen MR) is 399 cm³/mol. The molecule has 0 bridgehead atoms. The third-order valence-electron chi connectivity index (χ3n) is 20.5. The number of rotatable bonds is 81. The normalized spacial score (nSPS) is 11.9. The first kappa shape index (κ1) is 85.4. The van der Waals surface area contributed by atoms with Crippen LogP contribution >= 0.6 is 7.92 Å². The third kappa shape index (κ3) is 80.5. The van der Waals surface area contributed by atoms with Crippen LogP contribution in [0.1, 0.15) is 522 Å². The van der Waals surface area contributed by atoms with Crippen molar-refractivity contribution in [3.05, 3.63) is 0 Å². The van der Waals surface area contributed by atoms with E-state index in [9.17, 15) is 0 Å². The first-order valence-corrected chi connectivity index (χ1v) is 44.0. The summed E-state index contributed by atoms with van der Waals surface area (Å²) in [5, 5.41) is 0. The Balaban J connectivity index is 4.00. The molecule has 0 aliphatic carbocycles. The largest absolute Gasteiger partial charge is 0.107 e. The van der Waals surface area contributed by atoms with Crippen LogP contribution in [0.2, 0.25) is 0 Å². The van der Waals surface area contributed by atoms with Gasteiger partial charge in [-0.1, -0.05) is 502 Å². The first-order chi connectivity index (χ1) is 42.3. The molecule has 0 aliphatic heterocycles. The van der Waals surface area contributed by atoms with Crippen molar-refractivity contribution in [1.82, 2.24) is 0 Å². The molecule has 0 atom stereocenters. The van der Waals surface area contributed by atoms with E-state index in [1.165, 1.54) is 482 Å². The highest BCUT2D eigenvalue weighted by Crippen LogP contribution is 2.40. The Morgan fingerprint density at radius 2 is 0.165 bits per heavy atom. The summed E-state index contributed by atoms with van der Waals surface area (Å²) in [5.74, 6) is 0. The van der Waals surface area contributed by atoms with E-state index in [1.807, 2.05) is 0 Å². The molecule has 0 saturated heterocycles. The minimum atomic E-state index is 0.292. The molecular weight excluding hydrogens is 1040 g/mol. The second-order valence-corrected chi connectivity index (χ2v) is 32.0. The van der Waals surface area contributed by atoms with E-state index in [0.29, 0.717) is 7.92 Å². The highest BCUT2D eigenvalue weighted by Gasteiger charge is 2.09. The summed E-state index contributed by atoms with van der Waals surface area (Å²) in [4.78, 5) is 0. The summed E-state index contributed by atoms with van der Waals surface area (Å²) >= 11 is 0. The summed E-state index contributed by atoms with van der Waals surface area (Å²) in [6, 6.07) is 0. The molecule has 0 fully saturated rings. The molecule has 0 aromatic rings. The van der Waals surface area contributed by atoms with Crippen LogP contribution in [0.4, 0.5) is 0 Å². The van der Waals surface area contributed by atoms with Crippen molar-refractivity contribution in [2.75, 3.05) is 18.5 Å². The van der Waals surface area contributed by atoms with Crippen molar-refractivity contribution in [2.45, 2.75) is 522 Å². The van der Waals surface area contributed by atoms with E-state index >= 15 is 0 Å². The molecule has 0 N–H and O–H groups in total. The lowest BCUT2D eigenvalue weighted by Crippen LogP contribution is -1.97. The summed E-state index contributed by atoms with van der Waals surface area (Å²) in [6.45, 7) is 6.97. The molecule has 0 aliphatic rings. The van der Waals surface area contributed by atoms with Gasteiger partial charge in [0.2, 0.25) is 0 Å². The van der Waals surface area contributed by atoms with Crippen LogP contribution in [0.25, 0.3) is 0 Å². The highest BCUT2D eigenvalue weighted by atomic mass is 31.1. The molecule has 0 nitrogen and oxygen atoms in total. The number of hydrogen-bond acceptors (Lipinski definition) is 0. The van der Waals surface area contributed by atoms with Gasteiger partial charge in [-0.15, -0.1) is 7.92 Å². The SMILES string of the molecule is CCCCCCCCCCCCCCCCCCCCCCCCCCCCP(CCCCCCCCCCCCCCCCCCCCCCCCCCCC)CCCCCCCCCCCCCCCCCCCCCCCCCCCC. The van der Waals surface area contributed by atoms with Crippen molar-refractivity contribution in [1.29, 1.82) is 0 Å². The molecule has 1 heteroatoms. The van der Waals surface area contributed by atoms with Gasteiger partial charge in [0.05, 0.1) is 0 Å². The van der Waals surface area contributed by atoms with Gasteiger partial charge < -0.3 is 0 Å². The van der Waals surface area contributed by atoms with Crippen LogP contribution in [0.3, 0.4) is 0 Å². The van der Waals surface area contributed by atoms with Crippen molar-refractivity contribution in [2.24, 2.45) is 0 Å². The van der Waals surface area contributed by atoms with Crippen LogP contribution < -0.4 is 0 Å². The van der Waals surface area contributed by atoms with Crippen LogP contribution in [0.5, 0.6) is 0 Å². The fourth-order valence-corrected chi connectivity index (χ4v) is 17.0. The minimum Gasteiger partial charge on any atom is -0.107 e.